The van der Waals surface area contributed by atoms with E-state index in [1.807, 2.05) is 0 Å². The second-order valence-corrected chi connectivity index (χ2v) is 3.01. The molecule has 0 unspecified atom stereocenters. The molecule has 1 rings (SSSR count). The van der Waals surface area contributed by atoms with Crippen LogP contribution in [0.3, 0.4) is 0 Å². The van der Waals surface area contributed by atoms with Crippen LogP contribution < -0.4 is 4.74 Å². The highest BCUT2D eigenvalue weighted by molar-refractivity contribution is 6.32. The zero-order valence-corrected chi connectivity index (χ0v) is 8.67. The van der Waals surface area contributed by atoms with Crippen LogP contribution in [0.15, 0.2) is 18.2 Å². The van der Waals surface area contributed by atoms with Crippen molar-refractivity contribution in [3.05, 3.63) is 28.8 Å². The molecule has 0 bridgehead atoms. The molecule has 1 aromatic rings. The normalized spacial score (nSPS) is 9.50. The van der Waals surface area contributed by atoms with Crippen molar-refractivity contribution in [2.45, 2.75) is 0 Å². The van der Waals surface area contributed by atoms with E-state index in [0.29, 0.717) is 29.5 Å². The average molecular weight is 211 g/mol. The Morgan fingerprint density at radius 1 is 1.43 bits per heavy atom. The summed E-state index contributed by atoms with van der Waals surface area (Å²) in [5.74, 6) is 3.06. The predicted octanol–water partition coefficient (Wildman–Crippen LogP) is 2.35. The molecule has 0 saturated carbocycles. The Balaban J connectivity index is 2.78. The Bertz CT molecular complexity index is 342. The van der Waals surface area contributed by atoms with Crippen molar-refractivity contribution in [2.24, 2.45) is 0 Å². The first-order valence-corrected chi connectivity index (χ1v) is 4.54. The standard InChI is InChI=1S/C11H11ClO2/c1-3-9-5-4-6-10(12)11(9)14-8-7-13-2/h1,4-6H,7-8H2,2H3. The van der Waals surface area contributed by atoms with Gasteiger partial charge in [-0.15, -0.1) is 6.42 Å². The highest BCUT2D eigenvalue weighted by atomic mass is 35.5. The van der Waals surface area contributed by atoms with Crippen molar-refractivity contribution in [1.29, 1.82) is 0 Å². The zero-order valence-electron chi connectivity index (χ0n) is 7.92. The molecule has 0 heterocycles. The summed E-state index contributed by atoms with van der Waals surface area (Å²) in [6.45, 7) is 0.949. The second kappa shape index (κ2) is 5.54. The summed E-state index contributed by atoms with van der Waals surface area (Å²) in [6.07, 6.45) is 5.30. The van der Waals surface area contributed by atoms with Crippen LogP contribution in [-0.4, -0.2) is 20.3 Å². The van der Waals surface area contributed by atoms with Gasteiger partial charge < -0.3 is 9.47 Å². The van der Waals surface area contributed by atoms with Gasteiger partial charge in [0.05, 0.1) is 17.2 Å². The number of terminal acetylenes is 1. The highest BCUT2D eigenvalue weighted by Gasteiger charge is 2.05. The summed E-state index contributed by atoms with van der Waals surface area (Å²) in [7, 11) is 1.61. The highest BCUT2D eigenvalue weighted by Crippen LogP contribution is 2.27. The Morgan fingerprint density at radius 3 is 2.86 bits per heavy atom. The third-order valence-corrected chi connectivity index (χ3v) is 1.95. The first-order chi connectivity index (χ1) is 6.79. The van der Waals surface area contributed by atoms with Gasteiger partial charge in [0.1, 0.15) is 6.61 Å². The molecule has 0 aliphatic rings. The maximum atomic E-state index is 5.93. The number of para-hydroxylation sites is 1. The Hall–Kier alpha value is -1.17. The molecule has 0 aromatic heterocycles. The zero-order chi connectivity index (χ0) is 10.4. The molecule has 0 fully saturated rings. The van der Waals surface area contributed by atoms with Crippen molar-refractivity contribution in [1.82, 2.24) is 0 Å². The number of halogens is 1. The molecule has 0 spiro atoms. The Kier molecular flexibility index (Phi) is 4.31. The largest absolute Gasteiger partial charge is 0.488 e. The summed E-state index contributed by atoms with van der Waals surface area (Å²) in [6, 6.07) is 5.32. The molecular formula is C11H11ClO2. The van der Waals surface area contributed by atoms with Crippen LogP contribution in [-0.2, 0) is 4.74 Å². The summed E-state index contributed by atoms with van der Waals surface area (Å²) < 4.78 is 10.3. The smallest absolute Gasteiger partial charge is 0.153 e. The molecule has 0 saturated heterocycles. The summed E-state index contributed by atoms with van der Waals surface area (Å²) >= 11 is 5.93. The number of hydrogen-bond donors (Lipinski definition) is 0. The number of methoxy groups -OCH3 is 1. The SMILES string of the molecule is C#Cc1cccc(Cl)c1OCCOC. The van der Waals surface area contributed by atoms with E-state index in [9.17, 15) is 0 Å². The molecule has 0 atom stereocenters. The average Bonchev–Trinajstić information content (AvgIpc) is 2.20. The lowest BCUT2D eigenvalue weighted by Gasteiger charge is -2.09. The summed E-state index contributed by atoms with van der Waals surface area (Å²) in [5.41, 5.74) is 0.661. The molecule has 0 N–H and O–H groups in total. The van der Waals surface area contributed by atoms with E-state index in [2.05, 4.69) is 5.92 Å². The first kappa shape index (κ1) is 10.9. The maximum Gasteiger partial charge on any atom is 0.153 e. The fourth-order valence-electron chi connectivity index (χ4n) is 0.996. The van der Waals surface area contributed by atoms with Gasteiger partial charge in [0.25, 0.3) is 0 Å². The fraction of sp³-hybridized carbons (Fsp3) is 0.273. The van der Waals surface area contributed by atoms with Crippen LogP contribution in [0, 0.1) is 12.3 Å². The molecule has 3 heteroatoms. The van der Waals surface area contributed by atoms with E-state index in [1.165, 1.54) is 0 Å². The van der Waals surface area contributed by atoms with E-state index < -0.39 is 0 Å². The molecule has 0 aliphatic heterocycles. The monoisotopic (exact) mass is 210 g/mol. The number of ether oxygens (including phenoxy) is 2. The van der Waals surface area contributed by atoms with Gasteiger partial charge in [-0.2, -0.15) is 0 Å². The molecule has 0 aliphatic carbocycles. The van der Waals surface area contributed by atoms with Crippen LogP contribution in [0.25, 0.3) is 0 Å². The van der Waals surface area contributed by atoms with Crippen LogP contribution in [0.4, 0.5) is 0 Å². The van der Waals surface area contributed by atoms with Crippen molar-refractivity contribution < 1.29 is 9.47 Å². The molecule has 14 heavy (non-hydrogen) atoms. The minimum atomic E-state index is 0.439. The molecule has 1 aromatic carbocycles. The number of benzene rings is 1. The van der Waals surface area contributed by atoms with Crippen LogP contribution in [0.5, 0.6) is 5.75 Å². The molecule has 0 amide bonds. The lowest BCUT2D eigenvalue weighted by Crippen LogP contribution is -2.05. The van der Waals surface area contributed by atoms with Crippen molar-refractivity contribution in [3.8, 4) is 18.1 Å². The van der Waals surface area contributed by atoms with E-state index in [4.69, 9.17) is 27.5 Å². The minimum Gasteiger partial charge on any atom is -0.488 e. The van der Waals surface area contributed by atoms with Gasteiger partial charge in [-0.05, 0) is 12.1 Å². The second-order valence-electron chi connectivity index (χ2n) is 2.60. The summed E-state index contributed by atoms with van der Waals surface area (Å²) in [5, 5.41) is 0.525. The van der Waals surface area contributed by atoms with E-state index in [1.54, 1.807) is 25.3 Å². The maximum absolute atomic E-state index is 5.93. The van der Waals surface area contributed by atoms with Gasteiger partial charge in [0.2, 0.25) is 0 Å². The van der Waals surface area contributed by atoms with Gasteiger partial charge in [-0.25, -0.2) is 0 Å². The van der Waals surface area contributed by atoms with Crippen LogP contribution in [0.1, 0.15) is 5.56 Å². The lowest BCUT2D eigenvalue weighted by atomic mass is 10.2. The quantitative estimate of drug-likeness (QED) is 0.561. The molecule has 0 radical (unpaired) electrons. The van der Waals surface area contributed by atoms with E-state index in [0.717, 1.165) is 0 Å². The minimum absolute atomic E-state index is 0.439. The lowest BCUT2D eigenvalue weighted by molar-refractivity contribution is 0.146. The Labute approximate surface area is 88.8 Å². The van der Waals surface area contributed by atoms with E-state index in [-0.39, 0.29) is 0 Å². The number of hydrogen-bond acceptors (Lipinski definition) is 2. The van der Waals surface area contributed by atoms with Crippen molar-refractivity contribution in [2.75, 3.05) is 20.3 Å². The topological polar surface area (TPSA) is 18.5 Å². The molecule has 74 valence electrons. The third-order valence-electron chi connectivity index (χ3n) is 1.66. The fourth-order valence-corrected chi connectivity index (χ4v) is 1.23. The molecule has 2 nitrogen and oxygen atoms in total. The van der Waals surface area contributed by atoms with Crippen LogP contribution >= 0.6 is 11.6 Å². The number of rotatable bonds is 4. The van der Waals surface area contributed by atoms with E-state index >= 15 is 0 Å². The van der Waals surface area contributed by atoms with Gasteiger partial charge in [0.15, 0.2) is 5.75 Å². The van der Waals surface area contributed by atoms with Gasteiger partial charge in [0, 0.05) is 7.11 Å². The third kappa shape index (κ3) is 2.66. The van der Waals surface area contributed by atoms with Gasteiger partial charge in [-0.3, -0.25) is 0 Å². The van der Waals surface area contributed by atoms with Crippen molar-refractivity contribution >= 4 is 11.6 Å². The molecular weight excluding hydrogens is 200 g/mol. The van der Waals surface area contributed by atoms with Crippen molar-refractivity contribution in [3.63, 3.8) is 0 Å². The van der Waals surface area contributed by atoms with Crippen LogP contribution in [0.2, 0.25) is 5.02 Å². The Morgan fingerprint density at radius 2 is 2.21 bits per heavy atom. The van der Waals surface area contributed by atoms with Gasteiger partial charge >= 0.3 is 0 Å². The first-order valence-electron chi connectivity index (χ1n) is 4.16. The van der Waals surface area contributed by atoms with Gasteiger partial charge in [-0.1, -0.05) is 23.6 Å². The predicted molar refractivity (Wildman–Crippen MR) is 56.8 cm³/mol. The summed E-state index contributed by atoms with van der Waals surface area (Å²) in [4.78, 5) is 0.